The van der Waals surface area contributed by atoms with E-state index in [2.05, 4.69) is 5.32 Å². The zero-order chi connectivity index (χ0) is 15.3. The Morgan fingerprint density at radius 3 is 2.65 bits per heavy atom. The third-order valence-electron chi connectivity index (χ3n) is 2.88. The van der Waals surface area contributed by atoms with Crippen molar-refractivity contribution in [2.24, 2.45) is 12.2 Å². The van der Waals surface area contributed by atoms with E-state index in [4.69, 9.17) is 9.88 Å². The highest BCUT2D eigenvalue weighted by Crippen LogP contribution is 2.12. The molecule has 0 aromatic carbocycles. The van der Waals surface area contributed by atoms with Gasteiger partial charge in [-0.2, -0.15) is 0 Å². The number of amides is 1. The molecule has 0 saturated heterocycles. The van der Waals surface area contributed by atoms with Crippen LogP contribution in [-0.4, -0.2) is 38.7 Å². The fraction of sp³-hybridized carbons (Fsp3) is 0.583. The summed E-state index contributed by atoms with van der Waals surface area (Å²) in [6.45, 7) is 2.42. The smallest absolute Gasteiger partial charge is 0.268 e. The zero-order valence-electron chi connectivity index (χ0n) is 11.9. The minimum absolute atomic E-state index is 0.0797. The lowest BCUT2D eigenvalue weighted by molar-refractivity contribution is 0.0883. The van der Waals surface area contributed by atoms with Crippen LogP contribution < -0.4 is 10.5 Å². The molecule has 1 amide bonds. The number of rotatable bonds is 7. The summed E-state index contributed by atoms with van der Waals surface area (Å²) in [5, 5.41) is 7.86. The van der Waals surface area contributed by atoms with E-state index in [1.54, 1.807) is 14.2 Å². The largest absolute Gasteiger partial charge is 0.383 e. The SMILES string of the molecule is CCCC(COC)NC(=O)c1cc(S(N)(=O)=O)cn1C. The maximum absolute atomic E-state index is 12.1. The number of nitrogens with two attached hydrogens (primary N) is 1. The topological polar surface area (TPSA) is 103 Å². The van der Waals surface area contributed by atoms with Crippen molar-refractivity contribution in [1.82, 2.24) is 9.88 Å². The molecule has 0 aliphatic rings. The molecule has 1 aromatic rings. The van der Waals surface area contributed by atoms with Crippen molar-refractivity contribution in [3.8, 4) is 0 Å². The molecule has 0 aliphatic heterocycles. The molecule has 3 N–H and O–H groups in total. The first kappa shape index (κ1) is 16.7. The Kier molecular flexibility index (Phi) is 5.73. The number of carbonyl (C=O) groups is 1. The molecule has 0 spiro atoms. The first-order chi connectivity index (χ1) is 9.29. The van der Waals surface area contributed by atoms with Crippen LogP contribution in [-0.2, 0) is 21.8 Å². The summed E-state index contributed by atoms with van der Waals surface area (Å²) in [5.74, 6) is -0.349. The molecule has 1 rings (SSSR count). The van der Waals surface area contributed by atoms with Crippen molar-refractivity contribution >= 4 is 15.9 Å². The minimum atomic E-state index is -3.81. The van der Waals surface area contributed by atoms with Crippen LogP contribution in [0.1, 0.15) is 30.3 Å². The summed E-state index contributed by atoms with van der Waals surface area (Å²) >= 11 is 0. The second-order valence-electron chi connectivity index (χ2n) is 4.63. The number of hydrogen-bond donors (Lipinski definition) is 2. The zero-order valence-corrected chi connectivity index (χ0v) is 12.7. The molecule has 0 saturated carbocycles. The van der Waals surface area contributed by atoms with E-state index >= 15 is 0 Å². The van der Waals surface area contributed by atoms with Gasteiger partial charge < -0.3 is 14.6 Å². The monoisotopic (exact) mass is 303 g/mol. The number of aromatic nitrogens is 1. The average Bonchev–Trinajstić information content (AvgIpc) is 2.72. The molecule has 1 unspecified atom stereocenters. The molecule has 0 bridgehead atoms. The number of primary sulfonamides is 1. The van der Waals surface area contributed by atoms with Gasteiger partial charge in [0.1, 0.15) is 10.6 Å². The maximum atomic E-state index is 12.1. The first-order valence-electron chi connectivity index (χ1n) is 6.28. The lowest BCUT2D eigenvalue weighted by atomic mass is 10.2. The van der Waals surface area contributed by atoms with Gasteiger partial charge in [-0.1, -0.05) is 13.3 Å². The van der Waals surface area contributed by atoms with Crippen molar-refractivity contribution in [3.63, 3.8) is 0 Å². The van der Waals surface area contributed by atoms with Crippen LogP contribution in [0.15, 0.2) is 17.2 Å². The number of hydrogen-bond acceptors (Lipinski definition) is 4. The summed E-state index contributed by atoms with van der Waals surface area (Å²) in [7, 11) is -0.655. The van der Waals surface area contributed by atoms with Gasteiger partial charge in [0, 0.05) is 20.4 Å². The van der Waals surface area contributed by atoms with Crippen molar-refractivity contribution < 1.29 is 17.9 Å². The molecule has 20 heavy (non-hydrogen) atoms. The van der Waals surface area contributed by atoms with Gasteiger partial charge in [0.05, 0.1) is 12.6 Å². The van der Waals surface area contributed by atoms with Crippen LogP contribution in [0, 0.1) is 0 Å². The Morgan fingerprint density at radius 1 is 1.55 bits per heavy atom. The van der Waals surface area contributed by atoms with Crippen LogP contribution in [0.5, 0.6) is 0 Å². The van der Waals surface area contributed by atoms with Gasteiger partial charge in [-0.05, 0) is 12.5 Å². The predicted molar refractivity (Wildman–Crippen MR) is 74.8 cm³/mol. The Balaban J connectivity index is 2.89. The first-order valence-corrected chi connectivity index (χ1v) is 7.83. The number of nitrogens with zero attached hydrogens (tertiary/aromatic N) is 1. The van der Waals surface area contributed by atoms with E-state index in [9.17, 15) is 13.2 Å². The lowest BCUT2D eigenvalue weighted by Gasteiger charge is -2.17. The minimum Gasteiger partial charge on any atom is -0.383 e. The molecular weight excluding hydrogens is 282 g/mol. The van der Waals surface area contributed by atoms with E-state index < -0.39 is 10.0 Å². The molecule has 7 nitrogen and oxygen atoms in total. The maximum Gasteiger partial charge on any atom is 0.268 e. The van der Waals surface area contributed by atoms with Crippen molar-refractivity contribution in [2.75, 3.05) is 13.7 Å². The van der Waals surface area contributed by atoms with Crippen LogP contribution in [0.3, 0.4) is 0 Å². The highest BCUT2D eigenvalue weighted by atomic mass is 32.2. The van der Waals surface area contributed by atoms with Crippen LogP contribution in [0.2, 0.25) is 0 Å². The van der Waals surface area contributed by atoms with Gasteiger partial charge >= 0.3 is 0 Å². The summed E-state index contributed by atoms with van der Waals surface area (Å²) in [5.41, 5.74) is 0.242. The molecule has 1 atom stereocenters. The normalized spacial score (nSPS) is 13.2. The standard InChI is InChI=1S/C12H21N3O4S/c1-4-5-9(8-19-3)14-12(16)11-6-10(7-15(11)2)20(13,17)18/h6-7,9H,4-5,8H2,1-3H3,(H,14,16)(H2,13,17,18). The summed E-state index contributed by atoms with van der Waals surface area (Å²) in [6, 6.07) is 1.16. The molecular formula is C12H21N3O4S. The van der Waals surface area contributed by atoms with Crippen LogP contribution in [0.4, 0.5) is 0 Å². The molecule has 0 fully saturated rings. The van der Waals surface area contributed by atoms with E-state index in [1.807, 2.05) is 6.92 Å². The van der Waals surface area contributed by atoms with Gasteiger partial charge in [0.15, 0.2) is 0 Å². The van der Waals surface area contributed by atoms with E-state index in [0.717, 1.165) is 12.8 Å². The number of nitrogens with one attached hydrogen (secondary N) is 1. The van der Waals surface area contributed by atoms with Gasteiger partial charge in [-0.15, -0.1) is 0 Å². The summed E-state index contributed by atoms with van der Waals surface area (Å²) < 4.78 is 29.0. The summed E-state index contributed by atoms with van der Waals surface area (Å²) in [4.78, 5) is 12.1. The van der Waals surface area contributed by atoms with Gasteiger partial charge in [0.2, 0.25) is 10.0 Å². The number of aryl methyl sites for hydroxylation is 1. The molecule has 0 radical (unpaired) electrons. The highest BCUT2D eigenvalue weighted by Gasteiger charge is 2.19. The second-order valence-corrected chi connectivity index (χ2v) is 6.19. The Hall–Kier alpha value is -1.38. The van der Waals surface area contributed by atoms with Gasteiger partial charge in [-0.3, -0.25) is 4.79 Å². The number of methoxy groups -OCH3 is 1. The predicted octanol–water partition coefficient (Wildman–Crippen LogP) is 0.217. The third kappa shape index (κ3) is 4.32. The molecule has 1 aromatic heterocycles. The molecule has 1 heterocycles. The van der Waals surface area contributed by atoms with Crippen LogP contribution in [0.25, 0.3) is 0 Å². The van der Waals surface area contributed by atoms with E-state index in [-0.39, 0.29) is 22.5 Å². The molecule has 114 valence electrons. The Morgan fingerprint density at radius 2 is 2.20 bits per heavy atom. The third-order valence-corrected chi connectivity index (χ3v) is 3.76. The number of sulfonamides is 1. The fourth-order valence-corrected chi connectivity index (χ4v) is 2.50. The van der Waals surface area contributed by atoms with Gasteiger partial charge in [-0.25, -0.2) is 13.6 Å². The Bertz CT molecular complexity index is 559. The number of ether oxygens (including phenoxy) is 1. The fourth-order valence-electron chi connectivity index (χ4n) is 1.92. The van der Waals surface area contributed by atoms with Crippen molar-refractivity contribution in [1.29, 1.82) is 0 Å². The molecule has 8 heteroatoms. The lowest BCUT2D eigenvalue weighted by Crippen LogP contribution is -2.38. The van der Waals surface area contributed by atoms with E-state index in [0.29, 0.717) is 6.61 Å². The average molecular weight is 303 g/mol. The quantitative estimate of drug-likeness (QED) is 0.751. The molecule has 0 aliphatic carbocycles. The van der Waals surface area contributed by atoms with Gasteiger partial charge in [0.25, 0.3) is 5.91 Å². The van der Waals surface area contributed by atoms with Crippen molar-refractivity contribution in [2.45, 2.75) is 30.7 Å². The highest BCUT2D eigenvalue weighted by molar-refractivity contribution is 7.89. The van der Waals surface area contributed by atoms with E-state index in [1.165, 1.54) is 16.8 Å². The second kappa shape index (κ2) is 6.87. The van der Waals surface area contributed by atoms with Crippen molar-refractivity contribution in [3.05, 3.63) is 18.0 Å². The number of carbonyl (C=O) groups excluding carboxylic acids is 1. The summed E-state index contributed by atoms with van der Waals surface area (Å²) in [6.07, 6.45) is 3.01. The van der Waals surface area contributed by atoms with Crippen LogP contribution >= 0.6 is 0 Å². The Labute approximate surface area is 119 Å².